The summed E-state index contributed by atoms with van der Waals surface area (Å²) < 4.78 is 0. The predicted octanol–water partition coefficient (Wildman–Crippen LogP) is 1.60. The highest BCUT2D eigenvalue weighted by Crippen LogP contribution is 2.26. The van der Waals surface area contributed by atoms with E-state index < -0.39 is 0 Å². The summed E-state index contributed by atoms with van der Waals surface area (Å²) in [4.78, 5) is 2.64. The molecule has 0 amide bonds. The third kappa shape index (κ3) is 2.05. The molecule has 13 heavy (non-hydrogen) atoms. The Balaban J connectivity index is 1.91. The molecule has 2 aliphatic rings. The molecule has 3 unspecified atom stereocenters. The average molecular weight is 182 g/mol. The maximum absolute atomic E-state index is 6.11. The molecule has 0 bridgehead atoms. The molecule has 1 aliphatic heterocycles. The Morgan fingerprint density at radius 2 is 2.00 bits per heavy atom. The maximum atomic E-state index is 6.11. The highest BCUT2D eigenvalue weighted by Gasteiger charge is 2.31. The number of nitrogens with two attached hydrogens (primary N) is 1. The SMILES string of the molecule is CC1CCCN(C2CCCC2N)C1. The van der Waals surface area contributed by atoms with Crippen LogP contribution in [0.1, 0.15) is 39.0 Å². The van der Waals surface area contributed by atoms with Gasteiger partial charge in [0.25, 0.3) is 0 Å². The van der Waals surface area contributed by atoms with Crippen molar-refractivity contribution in [2.75, 3.05) is 13.1 Å². The van der Waals surface area contributed by atoms with Crippen LogP contribution < -0.4 is 5.73 Å². The van der Waals surface area contributed by atoms with Gasteiger partial charge in [-0.3, -0.25) is 4.90 Å². The van der Waals surface area contributed by atoms with Crippen LogP contribution in [0.15, 0.2) is 0 Å². The van der Waals surface area contributed by atoms with Crippen molar-refractivity contribution in [1.82, 2.24) is 4.90 Å². The van der Waals surface area contributed by atoms with Crippen LogP contribution in [-0.4, -0.2) is 30.1 Å². The molecule has 76 valence electrons. The fourth-order valence-corrected chi connectivity index (χ4v) is 2.95. The van der Waals surface area contributed by atoms with Gasteiger partial charge in [-0.05, 0) is 38.1 Å². The van der Waals surface area contributed by atoms with Gasteiger partial charge >= 0.3 is 0 Å². The van der Waals surface area contributed by atoms with Crippen molar-refractivity contribution < 1.29 is 0 Å². The number of likely N-dealkylation sites (tertiary alicyclic amines) is 1. The van der Waals surface area contributed by atoms with Gasteiger partial charge in [-0.2, -0.15) is 0 Å². The van der Waals surface area contributed by atoms with E-state index in [-0.39, 0.29) is 0 Å². The highest BCUT2D eigenvalue weighted by molar-refractivity contribution is 4.89. The fraction of sp³-hybridized carbons (Fsp3) is 1.00. The van der Waals surface area contributed by atoms with Gasteiger partial charge in [-0.1, -0.05) is 13.3 Å². The monoisotopic (exact) mass is 182 g/mol. The van der Waals surface area contributed by atoms with Gasteiger partial charge < -0.3 is 5.73 Å². The molecule has 1 saturated carbocycles. The van der Waals surface area contributed by atoms with Gasteiger partial charge in [0, 0.05) is 18.6 Å². The van der Waals surface area contributed by atoms with E-state index in [0.717, 1.165) is 5.92 Å². The minimum absolute atomic E-state index is 0.463. The standard InChI is InChI=1S/C11H22N2/c1-9-4-3-7-13(8-9)11-6-2-5-10(11)12/h9-11H,2-8,12H2,1H3. The zero-order valence-electron chi connectivity index (χ0n) is 8.71. The molecule has 2 N–H and O–H groups in total. The second-order valence-corrected chi connectivity index (χ2v) is 4.90. The van der Waals surface area contributed by atoms with E-state index in [1.54, 1.807) is 0 Å². The summed E-state index contributed by atoms with van der Waals surface area (Å²) in [6, 6.07) is 1.17. The van der Waals surface area contributed by atoms with Gasteiger partial charge in [-0.15, -0.1) is 0 Å². The first-order valence-electron chi connectivity index (χ1n) is 5.77. The van der Waals surface area contributed by atoms with Crippen LogP contribution >= 0.6 is 0 Å². The Morgan fingerprint density at radius 1 is 1.15 bits per heavy atom. The first-order chi connectivity index (χ1) is 6.27. The molecule has 0 aromatic rings. The second-order valence-electron chi connectivity index (χ2n) is 4.90. The largest absolute Gasteiger partial charge is 0.326 e. The number of hydrogen-bond acceptors (Lipinski definition) is 2. The lowest BCUT2D eigenvalue weighted by atomic mass is 9.97. The molecule has 2 fully saturated rings. The fourth-order valence-electron chi connectivity index (χ4n) is 2.95. The number of nitrogens with zero attached hydrogens (tertiary/aromatic N) is 1. The van der Waals surface area contributed by atoms with Crippen molar-refractivity contribution >= 4 is 0 Å². The summed E-state index contributed by atoms with van der Waals surface area (Å²) in [5.74, 6) is 0.890. The van der Waals surface area contributed by atoms with E-state index in [2.05, 4.69) is 11.8 Å². The first kappa shape index (κ1) is 9.47. The molecule has 1 heterocycles. The summed E-state index contributed by atoms with van der Waals surface area (Å²) in [6.07, 6.45) is 6.73. The van der Waals surface area contributed by atoms with Crippen LogP contribution in [0.3, 0.4) is 0 Å². The molecular weight excluding hydrogens is 160 g/mol. The van der Waals surface area contributed by atoms with Crippen LogP contribution in [0, 0.1) is 5.92 Å². The summed E-state index contributed by atoms with van der Waals surface area (Å²) >= 11 is 0. The molecule has 1 saturated heterocycles. The smallest absolute Gasteiger partial charge is 0.0247 e. The van der Waals surface area contributed by atoms with Crippen molar-refractivity contribution in [2.45, 2.75) is 51.1 Å². The van der Waals surface area contributed by atoms with Gasteiger partial charge in [0.1, 0.15) is 0 Å². The van der Waals surface area contributed by atoms with Crippen molar-refractivity contribution in [2.24, 2.45) is 11.7 Å². The topological polar surface area (TPSA) is 29.3 Å². The van der Waals surface area contributed by atoms with E-state index >= 15 is 0 Å². The molecule has 0 aromatic heterocycles. The van der Waals surface area contributed by atoms with Gasteiger partial charge in [0.05, 0.1) is 0 Å². The van der Waals surface area contributed by atoms with Crippen LogP contribution in [-0.2, 0) is 0 Å². The average Bonchev–Trinajstić information content (AvgIpc) is 2.51. The minimum atomic E-state index is 0.463. The van der Waals surface area contributed by atoms with Gasteiger partial charge in [0.2, 0.25) is 0 Å². The summed E-state index contributed by atoms with van der Waals surface area (Å²) in [6.45, 7) is 4.95. The Bertz CT molecular complexity index is 169. The molecule has 2 rings (SSSR count). The maximum Gasteiger partial charge on any atom is 0.0247 e. The lowest BCUT2D eigenvalue weighted by Crippen LogP contribution is -2.48. The summed E-state index contributed by atoms with van der Waals surface area (Å²) in [5.41, 5.74) is 6.11. The van der Waals surface area contributed by atoms with Crippen molar-refractivity contribution in [3.63, 3.8) is 0 Å². The van der Waals surface area contributed by atoms with Crippen LogP contribution in [0.5, 0.6) is 0 Å². The molecule has 3 atom stereocenters. The molecule has 2 heteroatoms. The van der Waals surface area contributed by atoms with Crippen molar-refractivity contribution in [1.29, 1.82) is 0 Å². The molecular formula is C11H22N2. The van der Waals surface area contributed by atoms with E-state index in [1.807, 2.05) is 0 Å². The number of rotatable bonds is 1. The molecule has 0 aromatic carbocycles. The van der Waals surface area contributed by atoms with E-state index in [9.17, 15) is 0 Å². The van der Waals surface area contributed by atoms with Gasteiger partial charge in [0.15, 0.2) is 0 Å². The van der Waals surface area contributed by atoms with Crippen LogP contribution in [0.4, 0.5) is 0 Å². The van der Waals surface area contributed by atoms with Gasteiger partial charge in [-0.25, -0.2) is 0 Å². The Kier molecular flexibility index (Phi) is 2.89. The van der Waals surface area contributed by atoms with E-state index in [1.165, 1.54) is 45.2 Å². The lowest BCUT2D eigenvalue weighted by molar-refractivity contribution is 0.123. The van der Waals surface area contributed by atoms with Crippen molar-refractivity contribution in [3.05, 3.63) is 0 Å². The molecule has 1 aliphatic carbocycles. The zero-order valence-corrected chi connectivity index (χ0v) is 8.71. The van der Waals surface area contributed by atoms with E-state index in [0.29, 0.717) is 12.1 Å². The molecule has 0 radical (unpaired) electrons. The van der Waals surface area contributed by atoms with Crippen molar-refractivity contribution in [3.8, 4) is 0 Å². The lowest BCUT2D eigenvalue weighted by Gasteiger charge is -2.37. The quantitative estimate of drug-likeness (QED) is 0.667. The number of piperidine rings is 1. The van der Waals surface area contributed by atoms with E-state index in [4.69, 9.17) is 5.73 Å². The Hall–Kier alpha value is -0.0800. The highest BCUT2D eigenvalue weighted by atomic mass is 15.2. The molecule has 0 spiro atoms. The van der Waals surface area contributed by atoms with Crippen LogP contribution in [0.2, 0.25) is 0 Å². The summed E-state index contributed by atoms with van der Waals surface area (Å²) in [5, 5.41) is 0. The first-order valence-corrected chi connectivity index (χ1v) is 5.77. The predicted molar refractivity (Wildman–Crippen MR) is 55.6 cm³/mol. The second kappa shape index (κ2) is 3.97. The third-order valence-corrected chi connectivity index (χ3v) is 3.69. The Morgan fingerprint density at radius 3 is 2.62 bits per heavy atom. The number of hydrogen-bond donors (Lipinski definition) is 1. The minimum Gasteiger partial charge on any atom is -0.326 e. The normalized spacial score (nSPS) is 42.5. The molecule has 2 nitrogen and oxygen atoms in total. The third-order valence-electron chi connectivity index (χ3n) is 3.69. The summed E-state index contributed by atoms with van der Waals surface area (Å²) in [7, 11) is 0. The zero-order chi connectivity index (χ0) is 9.26. The Labute approximate surface area is 81.5 Å². The van der Waals surface area contributed by atoms with Crippen LogP contribution in [0.25, 0.3) is 0 Å².